The van der Waals surface area contributed by atoms with E-state index in [-0.39, 0.29) is 12.1 Å². The minimum Gasteiger partial charge on any atom is -0.359 e. The van der Waals surface area contributed by atoms with Gasteiger partial charge in [-0.2, -0.15) is 0 Å². The van der Waals surface area contributed by atoms with E-state index in [0.717, 1.165) is 47.1 Å². The van der Waals surface area contributed by atoms with E-state index in [9.17, 15) is 4.79 Å². The lowest BCUT2D eigenvalue weighted by molar-refractivity contribution is 0.182. The van der Waals surface area contributed by atoms with Crippen LogP contribution in [0.1, 0.15) is 36.0 Å². The van der Waals surface area contributed by atoms with Gasteiger partial charge < -0.3 is 14.7 Å². The number of urea groups is 1. The number of carbonyl (C=O) groups excluding carboxylic acids is 1. The predicted octanol–water partition coefficient (Wildman–Crippen LogP) is 3.59. The standard InChI is InChI=1S/C19H21N5O2S/c1-13-10-17(26-23-13)16-5-3-9-24(16)19(25)21-8-6-15-12-27-18(22-15)14-4-2-7-20-11-14/h2,4,7,10-12,16H,3,5-6,8-9H2,1H3,(H,21,25)/t16-/m1/s1. The third kappa shape index (κ3) is 4.00. The second-order valence-corrected chi connectivity index (χ2v) is 7.45. The van der Waals surface area contributed by atoms with Crippen molar-refractivity contribution in [2.75, 3.05) is 13.1 Å². The quantitative estimate of drug-likeness (QED) is 0.728. The van der Waals surface area contributed by atoms with Gasteiger partial charge in [-0.05, 0) is 31.9 Å². The van der Waals surface area contributed by atoms with Crippen molar-refractivity contribution < 1.29 is 9.32 Å². The predicted molar refractivity (Wildman–Crippen MR) is 102 cm³/mol. The monoisotopic (exact) mass is 383 g/mol. The number of thiazole rings is 1. The molecule has 0 bridgehead atoms. The minimum absolute atomic E-state index is 0.0253. The van der Waals surface area contributed by atoms with Gasteiger partial charge in [-0.1, -0.05) is 5.16 Å². The summed E-state index contributed by atoms with van der Waals surface area (Å²) in [5.74, 6) is 0.765. The van der Waals surface area contributed by atoms with Crippen molar-refractivity contribution in [1.29, 1.82) is 0 Å². The summed E-state index contributed by atoms with van der Waals surface area (Å²) >= 11 is 1.59. The van der Waals surface area contributed by atoms with Crippen LogP contribution in [0.3, 0.4) is 0 Å². The van der Waals surface area contributed by atoms with Crippen molar-refractivity contribution in [2.45, 2.75) is 32.2 Å². The van der Waals surface area contributed by atoms with E-state index in [2.05, 4.69) is 20.4 Å². The largest absolute Gasteiger partial charge is 0.359 e. The van der Waals surface area contributed by atoms with Crippen LogP contribution in [0.4, 0.5) is 4.79 Å². The summed E-state index contributed by atoms with van der Waals surface area (Å²) in [7, 11) is 0. The molecule has 1 aliphatic heterocycles. The summed E-state index contributed by atoms with van der Waals surface area (Å²) in [4.78, 5) is 23.2. The summed E-state index contributed by atoms with van der Waals surface area (Å²) in [6, 6.07) is 5.72. The average molecular weight is 383 g/mol. The van der Waals surface area contributed by atoms with Crippen LogP contribution in [0.25, 0.3) is 10.6 Å². The summed E-state index contributed by atoms with van der Waals surface area (Å²) in [5.41, 5.74) is 2.83. The Balaban J connectivity index is 1.31. The lowest BCUT2D eigenvalue weighted by atomic mass is 10.1. The molecule has 27 heavy (non-hydrogen) atoms. The maximum Gasteiger partial charge on any atom is 0.318 e. The smallest absolute Gasteiger partial charge is 0.318 e. The van der Waals surface area contributed by atoms with Crippen LogP contribution in [0, 0.1) is 6.92 Å². The molecule has 2 amide bonds. The molecule has 1 N–H and O–H groups in total. The number of aromatic nitrogens is 3. The molecule has 1 saturated heterocycles. The molecule has 0 spiro atoms. The number of pyridine rings is 1. The molecule has 8 heteroatoms. The van der Waals surface area contributed by atoms with Gasteiger partial charge in [0.25, 0.3) is 0 Å². The fourth-order valence-corrected chi connectivity index (χ4v) is 4.13. The van der Waals surface area contributed by atoms with Crippen LogP contribution in [0.2, 0.25) is 0 Å². The fourth-order valence-electron chi connectivity index (χ4n) is 3.29. The molecule has 3 aromatic rings. The van der Waals surface area contributed by atoms with Crippen molar-refractivity contribution >= 4 is 17.4 Å². The Morgan fingerprint density at radius 2 is 2.41 bits per heavy atom. The van der Waals surface area contributed by atoms with Gasteiger partial charge in [0.1, 0.15) is 5.01 Å². The normalized spacial score (nSPS) is 16.6. The van der Waals surface area contributed by atoms with Crippen molar-refractivity contribution in [1.82, 2.24) is 25.3 Å². The molecule has 0 aliphatic carbocycles. The van der Waals surface area contributed by atoms with Gasteiger partial charge in [0, 0.05) is 48.9 Å². The fraction of sp³-hybridized carbons (Fsp3) is 0.368. The second-order valence-electron chi connectivity index (χ2n) is 6.59. The van der Waals surface area contributed by atoms with Crippen LogP contribution in [0.5, 0.6) is 0 Å². The van der Waals surface area contributed by atoms with E-state index in [0.29, 0.717) is 13.0 Å². The molecule has 7 nitrogen and oxygen atoms in total. The third-order valence-electron chi connectivity index (χ3n) is 4.61. The van der Waals surface area contributed by atoms with Crippen LogP contribution >= 0.6 is 11.3 Å². The molecule has 1 fully saturated rings. The first-order chi connectivity index (χ1) is 13.2. The van der Waals surface area contributed by atoms with E-state index in [4.69, 9.17) is 4.52 Å². The zero-order valence-corrected chi connectivity index (χ0v) is 15.9. The molecule has 4 heterocycles. The molecule has 0 aromatic carbocycles. The third-order valence-corrected chi connectivity index (χ3v) is 5.55. The number of carbonyl (C=O) groups is 1. The summed E-state index contributed by atoms with van der Waals surface area (Å²) in [6.07, 6.45) is 6.13. The minimum atomic E-state index is -0.0609. The summed E-state index contributed by atoms with van der Waals surface area (Å²) < 4.78 is 5.36. The highest BCUT2D eigenvalue weighted by Gasteiger charge is 2.32. The zero-order chi connectivity index (χ0) is 18.6. The number of rotatable bonds is 5. The van der Waals surface area contributed by atoms with E-state index in [1.54, 1.807) is 17.5 Å². The maximum absolute atomic E-state index is 12.6. The van der Waals surface area contributed by atoms with E-state index in [1.807, 2.05) is 41.6 Å². The van der Waals surface area contributed by atoms with Crippen LogP contribution in [-0.2, 0) is 6.42 Å². The number of amides is 2. The molecule has 1 atom stereocenters. The first-order valence-corrected chi connectivity index (χ1v) is 9.91. The van der Waals surface area contributed by atoms with E-state index < -0.39 is 0 Å². The number of hydrogen-bond acceptors (Lipinski definition) is 6. The lowest BCUT2D eigenvalue weighted by Crippen LogP contribution is -2.40. The molecule has 3 aromatic heterocycles. The van der Waals surface area contributed by atoms with E-state index >= 15 is 0 Å². The molecular formula is C19H21N5O2S. The highest BCUT2D eigenvalue weighted by Crippen LogP contribution is 2.32. The number of nitrogens with one attached hydrogen (secondary N) is 1. The Morgan fingerprint density at radius 1 is 1.48 bits per heavy atom. The summed E-state index contributed by atoms with van der Waals surface area (Å²) in [5, 5.41) is 9.93. The Kier molecular flexibility index (Phi) is 5.15. The Bertz CT molecular complexity index is 908. The number of likely N-dealkylation sites (tertiary alicyclic amines) is 1. The van der Waals surface area contributed by atoms with Crippen LogP contribution < -0.4 is 5.32 Å². The molecular weight excluding hydrogens is 362 g/mol. The number of hydrogen-bond donors (Lipinski definition) is 1. The van der Waals surface area contributed by atoms with E-state index in [1.165, 1.54) is 0 Å². The maximum atomic E-state index is 12.6. The van der Waals surface area contributed by atoms with Crippen molar-refractivity contribution in [3.05, 3.63) is 53.1 Å². The Labute approximate surface area is 161 Å². The molecule has 0 saturated carbocycles. The van der Waals surface area contributed by atoms with Crippen molar-refractivity contribution in [2.24, 2.45) is 0 Å². The first kappa shape index (κ1) is 17.7. The molecule has 140 valence electrons. The van der Waals surface area contributed by atoms with Gasteiger partial charge in [-0.25, -0.2) is 9.78 Å². The first-order valence-electron chi connectivity index (χ1n) is 9.03. The molecule has 1 aliphatic rings. The Hall–Kier alpha value is -2.74. The molecule has 0 radical (unpaired) electrons. The lowest BCUT2D eigenvalue weighted by Gasteiger charge is -2.22. The highest BCUT2D eigenvalue weighted by molar-refractivity contribution is 7.13. The molecule has 4 rings (SSSR count). The number of aryl methyl sites for hydroxylation is 1. The summed E-state index contributed by atoms with van der Waals surface area (Å²) in [6.45, 7) is 3.17. The average Bonchev–Trinajstić information content (AvgIpc) is 3.42. The van der Waals surface area contributed by atoms with Gasteiger partial charge in [0.05, 0.1) is 17.4 Å². The van der Waals surface area contributed by atoms with Gasteiger partial charge in [0.15, 0.2) is 5.76 Å². The van der Waals surface area contributed by atoms with Gasteiger partial charge in [-0.15, -0.1) is 11.3 Å². The second kappa shape index (κ2) is 7.87. The van der Waals surface area contributed by atoms with Gasteiger partial charge in [-0.3, -0.25) is 4.98 Å². The zero-order valence-electron chi connectivity index (χ0n) is 15.1. The SMILES string of the molecule is Cc1cc([C@H]2CCCN2C(=O)NCCc2csc(-c3cccnc3)n2)on1. The van der Waals surface area contributed by atoms with Crippen molar-refractivity contribution in [3.63, 3.8) is 0 Å². The van der Waals surface area contributed by atoms with Crippen LogP contribution in [0.15, 0.2) is 40.5 Å². The highest BCUT2D eigenvalue weighted by atomic mass is 32.1. The number of nitrogens with zero attached hydrogens (tertiary/aromatic N) is 4. The topological polar surface area (TPSA) is 84.2 Å². The van der Waals surface area contributed by atoms with Gasteiger partial charge >= 0.3 is 6.03 Å². The van der Waals surface area contributed by atoms with Gasteiger partial charge in [0.2, 0.25) is 0 Å². The van der Waals surface area contributed by atoms with Crippen molar-refractivity contribution in [3.8, 4) is 10.6 Å². The van der Waals surface area contributed by atoms with Crippen LogP contribution in [-0.4, -0.2) is 39.1 Å². The Morgan fingerprint density at radius 3 is 3.19 bits per heavy atom. The molecule has 0 unspecified atom stereocenters.